The van der Waals surface area contributed by atoms with Crippen LogP contribution in [0.3, 0.4) is 0 Å². The molecule has 2 aromatic carbocycles. The minimum atomic E-state index is -0.264. The lowest BCUT2D eigenvalue weighted by atomic mass is 10.1. The predicted octanol–water partition coefficient (Wildman–Crippen LogP) is 4.95. The van der Waals surface area contributed by atoms with Gasteiger partial charge in [0.1, 0.15) is 5.76 Å². The fourth-order valence-electron chi connectivity index (χ4n) is 2.87. The molecule has 2 atom stereocenters. The maximum absolute atomic E-state index is 12.3. The molecule has 2 N–H and O–H groups in total. The largest absolute Gasteiger partial charge is 0.490 e. The molecular formula is C21H24N2O3. The van der Waals surface area contributed by atoms with Crippen LogP contribution in [0.2, 0.25) is 0 Å². The Balaban J connectivity index is 1.67. The van der Waals surface area contributed by atoms with E-state index in [1.165, 1.54) is 0 Å². The molecule has 0 fully saturated rings. The Morgan fingerprint density at radius 2 is 1.77 bits per heavy atom. The average Bonchev–Trinajstić information content (AvgIpc) is 3.08. The second-order valence-electron chi connectivity index (χ2n) is 6.23. The zero-order valence-electron chi connectivity index (χ0n) is 15.3. The van der Waals surface area contributed by atoms with E-state index in [0.29, 0.717) is 23.7 Å². The summed E-state index contributed by atoms with van der Waals surface area (Å²) in [6.07, 6.45) is 0. The molecule has 0 bridgehead atoms. The minimum Gasteiger partial charge on any atom is -0.490 e. The number of fused-ring (bicyclic) bond motifs is 1. The summed E-state index contributed by atoms with van der Waals surface area (Å²) in [4.78, 5) is 12.3. The molecule has 136 valence electrons. The molecule has 1 heterocycles. The highest BCUT2D eigenvalue weighted by Gasteiger charge is 2.17. The van der Waals surface area contributed by atoms with Crippen molar-refractivity contribution in [1.29, 1.82) is 0 Å². The first-order chi connectivity index (χ1) is 12.6. The van der Waals surface area contributed by atoms with Gasteiger partial charge in [0.25, 0.3) is 0 Å². The number of carbonyl (C=O) groups is 1. The second kappa shape index (κ2) is 7.95. The maximum atomic E-state index is 12.3. The summed E-state index contributed by atoms with van der Waals surface area (Å²) in [5.74, 6) is 1.40. The summed E-state index contributed by atoms with van der Waals surface area (Å²) in [7, 11) is 0. The molecule has 0 unspecified atom stereocenters. The topological polar surface area (TPSA) is 63.5 Å². The van der Waals surface area contributed by atoms with Crippen LogP contribution in [0.4, 0.5) is 4.79 Å². The van der Waals surface area contributed by atoms with Gasteiger partial charge in [0.05, 0.1) is 18.7 Å². The fraction of sp³-hybridized carbons (Fsp3) is 0.286. The van der Waals surface area contributed by atoms with E-state index in [4.69, 9.17) is 9.15 Å². The lowest BCUT2D eigenvalue weighted by Crippen LogP contribution is -2.38. The van der Waals surface area contributed by atoms with Gasteiger partial charge < -0.3 is 19.8 Å². The van der Waals surface area contributed by atoms with Crippen LogP contribution in [0, 0.1) is 0 Å². The van der Waals surface area contributed by atoms with Gasteiger partial charge in [-0.25, -0.2) is 4.79 Å². The van der Waals surface area contributed by atoms with Gasteiger partial charge in [-0.05, 0) is 38.5 Å². The summed E-state index contributed by atoms with van der Waals surface area (Å²) in [5.41, 5.74) is 1.76. The standard InChI is InChI=1S/C21H24N2O3/c1-4-25-18-12-8-11-17-13-19(26-20(17)18)15(3)23-21(24)22-14(2)16-9-6-5-7-10-16/h5-15H,4H2,1-3H3,(H2,22,23,24)/t14-,15+/m0/s1. The van der Waals surface area contributed by atoms with Crippen molar-refractivity contribution in [3.8, 4) is 5.75 Å². The van der Waals surface area contributed by atoms with E-state index in [0.717, 1.165) is 10.9 Å². The fourth-order valence-corrected chi connectivity index (χ4v) is 2.87. The number of urea groups is 1. The first-order valence-electron chi connectivity index (χ1n) is 8.85. The Hall–Kier alpha value is -2.95. The molecular weight excluding hydrogens is 328 g/mol. The van der Waals surface area contributed by atoms with Gasteiger partial charge in [-0.3, -0.25) is 0 Å². The van der Waals surface area contributed by atoms with Crippen LogP contribution < -0.4 is 15.4 Å². The zero-order valence-corrected chi connectivity index (χ0v) is 15.3. The zero-order chi connectivity index (χ0) is 18.5. The number of ether oxygens (including phenoxy) is 1. The van der Waals surface area contributed by atoms with Crippen LogP contribution in [-0.4, -0.2) is 12.6 Å². The SMILES string of the molecule is CCOc1cccc2cc([C@@H](C)NC(=O)N[C@@H](C)c3ccccc3)oc12. The third-order valence-electron chi connectivity index (χ3n) is 4.25. The monoisotopic (exact) mass is 352 g/mol. The van der Waals surface area contributed by atoms with Crippen molar-refractivity contribution in [3.05, 3.63) is 65.9 Å². The van der Waals surface area contributed by atoms with Crippen molar-refractivity contribution < 1.29 is 13.9 Å². The van der Waals surface area contributed by atoms with Gasteiger partial charge in [0, 0.05) is 5.39 Å². The number of hydrogen-bond donors (Lipinski definition) is 2. The van der Waals surface area contributed by atoms with E-state index in [1.54, 1.807) is 0 Å². The summed E-state index contributed by atoms with van der Waals surface area (Å²) in [5, 5.41) is 6.83. The molecule has 2 amide bonds. The normalized spacial score (nSPS) is 13.2. The molecule has 0 aliphatic carbocycles. The number of carbonyl (C=O) groups excluding carboxylic acids is 1. The van der Waals surface area contributed by atoms with Gasteiger partial charge in [-0.1, -0.05) is 42.5 Å². The molecule has 0 radical (unpaired) electrons. The number of hydrogen-bond acceptors (Lipinski definition) is 3. The summed E-state index contributed by atoms with van der Waals surface area (Å²) >= 11 is 0. The number of rotatable bonds is 6. The van der Waals surface area contributed by atoms with Gasteiger partial charge in [0.2, 0.25) is 0 Å². The number of furan rings is 1. The Labute approximate surface area is 153 Å². The average molecular weight is 352 g/mol. The van der Waals surface area contributed by atoms with Crippen molar-refractivity contribution in [3.63, 3.8) is 0 Å². The maximum Gasteiger partial charge on any atom is 0.315 e. The van der Waals surface area contributed by atoms with Gasteiger partial charge in [-0.15, -0.1) is 0 Å². The van der Waals surface area contributed by atoms with E-state index < -0.39 is 0 Å². The van der Waals surface area contributed by atoms with E-state index in [1.807, 2.05) is 75.4 Å². The second-order valence-corrected chi connectivity index (χ2v) is 6.23. The first-order valence-corrected chi connectivity index (χ1v) is 8.85. The molecule has 5 nitrogen and oxygen atoms in total. The van der Waals surface area contributed by atoms with Crippen LogP contribution in [0.15, 0.2) is 59.0 Å². The number of benzene rings is 2. The molecule has 0 saturated heterocycles. The summed E-state index contributed by atoms with van der Waals surface area (Å²) in [6.45, 7) is 6.35. The number of para-hydroxylation sites is 1. The van der Waals surface area contributed by atoms with E-state index >= 15 is 0 Å². The molecule has 0 aliphatic heterocycles. The Kier molecular flexibility index (Phi) is 5.46. The van der Waals surface area contributed by atoms with Crippen LogP contribution in [0.25, 0.3) is 11.0 Å². The van der Waals surface area contributed by atoms with Crippen LogP contribution in [0.1, 0.15) is 44.2 Å². The van der Waals surface area contributed by atoms with Crippen molar-refractivity contribution in [2.75, 3.05) is 6.61 Å². The van der Waals surface area contributed by atoms with Crippen molar-refractivity contribution >= 4 is 17.0 Å². The molecule has 1 aromatic heterocycles. The lowest BCUT2D eigenvalue weighted by molar-refractivity contribution is 0.233. The lowest BCUT2D eigenvalue weighted by Gasteiger charge is -2.17. The van der Waals surface area contributed by atoms with E-state index in [-0.39, 0.29) is 18.1 Å². The highest BCUT2D eigenvalue weighted by Crippen LogP contribution is 2.31. The highest BCUT2D eigenvalue weighted by atomic mass is 16.5. The quantitative estimate of drug-likeness (QED) is 0.659. The van der Waals surface area contributed by atoms with Crippen LogP contribution in [0.5, 0.6) is 5.75 Å². The molecule has 3 rings (SSSR count). The Morgan fingerprint density at radius 3 is 2.50 bits per heavy atom. The van der Waals surface area contributed by atoms with Crippen molar-refractivity contribution in [2.24, 2.45) is 0 Å². The van der Waals surface area contributed by atoms with Crippen molar-refractivity contribution in [2.45, 2.75) is 32.9 Å². The minimum absolute atomic E-state index is 0.0800. The molecule has 26 heavy (non-hydrogen) atoms. The third kappa shape index (κ3) is 3.99. The predicted molar refractivity (Wildman–Crippen MR) is 102 cm³/mol. The van der Waals surface area contributed by atoms with Gasteiger partial charge in [-0.2, -0.15) is 0 Å². The van der Waals surface area contributed by atoms with Gasteiger partial charge >= 0.3 is 6.03 Å². The molecule has 0 spiro atoms. The third-order valence-corrected chi connectivity index (χ3v) is 4.25. The first kappa shape index (κ1) is 17.9. The summed E-state index contributed by atoms with van der Waals surface area (Å²) < 4.78 is 11.5. The molecule has 5 heteroatoms. The van der Waals surface area contributed by atoms with Gasteiger partial charge in [0.15, 0.2) is 11.3 Å². The smallest absolute Gasteiger partial charge is 0.315 e. The summed E-state index contributed by atoms with van der Waals surface area (Å²) in [6, 6.07) is 17.0. The van der Waals surface area contributed by atoms with E-state index in [2.05, 4.69) is 10.6 Å². The van der Waals surface area contributed by atoms with Crippen molar-refractivity contribution in [1.82, 2.24) is 10.6 Å². The molecule has 3 aromatic rings. The highest BCUT2D eigenvalue weighted by molar-refractivity contribution is 5.84. The molecule has 0 aliphatic rings. The molecule has 0 saturated carbocycles. The van der Waals surface area contributed by atoms with Crippen LogP contribution in [-0.2, 0) is 0 Å². The number of nitrogens with one attached hydrogen (secondary N) is 2. The Bertz CT molecular complexity index is 873. The Morgan fingerprint density at radius 1 is 1.04 bits per heavy atom. The van der Waals surface area contributed by atoms with E-state index in [9.17, 15) is 4.79 Å². The van der Waals surface area contributed by atoms with Crippen LogP contribution >= 0.6 is 0 Å². The number of amides is 2.